The van der Waals surface area contributed by atoms with Crippen LogP contribution in [0.5, 0.6) is 0 Å². The van der Waals surface area contributed by atoms with E-state index >= 15 is 0 Å². The molecule has 0 saturated carbocycles. The Bertz CT molecular complexity index is 594. The van der Waals surface area contributed by atoms with Gasteiger partial charge in [0.05, 0.1) is 12.4 Å². The number of thiazole rings is 1. The number of carbonyl (C=O) groups excluding carboxylic acids is 2. The van der Waals surface area contributed by atoms with Crippen LogP contribution < -0.4 is 0 Å². The van der Waals surface area contributed by atoms with Gasteiger partial charge in [0, 0.05) is 25.2 Å². The highest BCUT2D eigenvalue weighted by atomic mass is 32.2. The third-order valence-corrected chi connectivity index (χ3v) is 4.06. The van der Waals surface area contributed by atoms with Crippen LogP contribution in [0.2, 0.25) is 0 Å². The third-order valence-electron chi connectivity index (χ3n) is 2.32. The Labute approximate surface area is 121 Å². The van der Waals surface area contributed by atoms with E-state index in [1.54, 1.807) is 6.92 Å². The van der Waals surface area contributed by atoms with Crippen molar-refractivity contribution in [2.24, 2.45) is 0 Å². The zero-order chi connectivity index (χ0) is 15.3. The predicted octanol–water partition coefficient (Wildman–Crippen LogP) is 0.436. The fourth-order valence-electron chi connectivity index (χ4n) is 1.26. The van der Waals surface area contributed by atoms with E-state index in [1.807, 2.05) is 0 Å². The van der Waals surface area contributed by atoms with Crippen molar-refractivity contribution in [3.05, 3.63) is 16.1 Å². The second-order valence-electron chi connectivity index (χ2n) is 4.11. The maximum Gasteiger partial charge on any atom is 0.367 e. The molecule has 0 aliphatic rings. The number of rotatable bonds is 6. The summed E-state index contributed by atoms with van der Waals surface area (Å²) in [5.74, 6) is -1.12. The molecule has 0 radical (unpaired) electrons. The molecule has 20 heavy (non-hydrogen) atoms. The van der Waals surface area contributed by atoms with Crippen molar-refractivity contribution < 1.29 is 22.7 Å². The van der Waals surface area contributed by atoms with E-state index in [0.29, 0.717) is 0 Å². The zero-order valence-electron chi connectivity index (χ0n) is 11.5. The van der Waals surface area contributed by atoms with Crippen LogP contribution in [-0.2, 0) is 14.6 Å². The quantitative estimate of drug-likeness (QED) is 0.706. The first-order chi connectivity index (χ1) is 9.24. The van der Waals surface area contributed by atoms with Gasteiger partial charge in [-0.25, -0.2) is 18.2 Å². The van der Waals surface area contributed by atoms with Gasteiger partial charge in [-0.05, 0) is 6.92 Å². The summed E-state index contributed by atoms with van der Waals surface area (Å²) in [6.45, 7) is 1.98. The first-order valence-corrected chi connectivity index (χ1v) is 8.74. The molecule has 0 fully saturated rings. The Morgan fingerprint density at radius 3 is 2.65 bits per heavy atom. The summed E-state index contributed by atoms with van der Waals surface area (Å²) in [6.07, 6.45) is 1.10. The van der Waals surface area contributed by atoms with E-state index in [4.69, 9.17) is 4.74 Å². The molecule has 0 N–H and O–H groups in total. The van der Waals surface area contributed by atoms with E-state index in [0.717, 1.165) is 17.6 Å². The number of esters is 1. The molecular formula is C11H16N2O5S2. The van der Waals surface area contributed by atoms with Gasteiger partial charge in [0.1, 0.15) is 15.5 Å². The Morgan fingerprint density at radius 1 is 1.45 bits per heavy atom. The normalized spacial score (nSPS) is 11.2. The number of sulfone groups is 1. The van der Waals surface area contributed by atoms with Crippen LogP contribution >= 0.6 is 11.3 Å². The third kappa shape index (κ3) is 4.89. The molecule has 9 heteroatoms. The lowest BCUT2D eigenvalue weighted by Gasteiger charge is -2.14. The molecule has 7 nitrogen and oxygen atoms in total. The molecule has 0 atom stereocenters. The second-order valence-corrected chi connectivity index (χ2v) is 7.23. The molecule has 0 spiro atoms. The minimum atomic E-state index is -3.14. The molecule has 0 bridgehead atoms. The monoisotopic (exact) mass is 320 g/mol. The molecule has 0 aliphatic heterocycles. The molecule has 1 rings (SSSR count). The number of nitrogens with zero attached hydrogens (tertiary/aromatic N) is 2. The van der Waals surface area contributed by atoms with Gasteiger partial charge in [-0.2, -0.15) is 0 Å². The Kier molecular flexibility index (Phi) is 5.63. The molecular weight excluding hydrogens is 304 g/mol. The lowest BCUT2D eigenvalue weighted by molar-refractivity contribution is 0.0526. The standard InChI is InChI=1S/C11H16N2O5S2/c1-4-18-11(15)9-12-8(7-19-9)10(14)13(2)5-6-20(3,16)17/h7H,4-6H2,1-3H3. The summed E-state index contributed by atoms with van der Waals surface area (Å²) in [5.41, 5.74) is 0.106. The zero-order valence-corrected chi connectivity index (χ0v) is 13.1. The first-order valence-electron chi connectivity index (χ1n) is 5.80. The highest BCUT2D eigenvalue weighted by Crippen LogP contribution is 2.12. The van der Waals surface area contributed by atoms with E-state index in [9.17, 15) is 18.0 Å². The molecule has 0 unspecified atom stereocenters. The van der Waals surface area contributed by atoms with Crippen LogP contribution in [0.25, 0.3) is 0 Å². The summed E-state index contributed by atoms with van der Waals surface area (Å²) in [4.78, 5) is 28.6. The topological polar surface area (TPSA) is 93.6 Å². The van der Waals surface area contributed by atoms with Gasteiger partial charge in [0.2, 0.25) is 5.01 Å². The molecule has 1 heterocycles. The maximum absolute atomic E-state index is 12.0. The number of hydrogen-bond acceptors (Lipinski definition) is 7. The lowest BCUT2D eigenvalue weighted by atomic mass is 10.4. The van der Waals surface area contributed by atoms with Gasteiger partial charge in [0.15, 0.2) is 0 Å². The summed E-state index contributed by atoms with van der Waals surface area (Å²) in [7, 11) is -1.65. The van der Waals surface area contributed by atoms with Gasteiger partial charge in [-0.1, -0.05) is 0 Å². The minimum absolute atomic E-state index is 0.0733. The van der Waals surface area contributed by atoms with Gasteiger partial charge in [0.25, 0.3) is 5.91 Å². The highest BCUT2D eigenvalue weighted by Gasteiger charge is 2.19. The van der Waals surface area contributed by atoms with Gasteiger partial charge in [-0.3, -0.25) is 4.79 Å². The van der Waals surface area contributed by atoms with Crippen molar-refractivity contribution >= 4 is 33.1 Å². The van der Waals surface area contributed by atoms with Crippen LogP contribution in [0.1, 0.15) is 27.2 Å². The van der Waals surface area contributed by atoms with E-state index in [2.05, 4.69) is 4.98 Å². The molecule has 1 aromatic heterocycles. The summed E-state index contributed by atoms with van der Waals surface area (Å²) < 4.78 is 26.9. The Balaban J connectivity index is 2.70. The van der Waals surface area contributed by atoms with Crippen LogP contribution in [0.3, 0.4) is 0 Å². The maximum atomic E-state index is 12.0. The smallest absolute Gasteiger partial charge is 0.367 e. The number of ether oxygens (including phenoxy) is 1. The fraction of sp³-hybridized carbons (Fsp3) is 0.545. The average Bonchev–Trinajstić information content (AvgIpc) is 2.84. The van der Waals surface area contributed by atoms with Crippen molar-refractivity contribution in [1.29, 1.82) is 0 Å². The number of amides is 1. The SMILES string of the molecule is CCOC(=O)c1nc(C(=O)N(C)CCS(C)(=O)=O)cs1. The van der Waals surface area contributed by atoms with Crippen LogP contribution in [0.15, 0.2) is 5.38 Å². The van der Waals surface area contributed by atoms with Crippen LogP contribution in [0.4, 0.5) is 0 Å². The number of hydrogen-bond donors (Lipinski definition) is 0. The largest absolute Gasteiger partial charge is 0.461 e. The minimum Gasteiger partial charge on any atom is -0.461 e. The van der Waals surface area contributed by atoms with Gasteiger partial charge >= 0.3 is 5.97 Å². The van der Waals surface area contributed by atoms with Crippen LogP contribution in [-0.4, -0.2) is 62.4 Å². The van der Waals surface area contributed by atoms with E-state index in [1.165, 1.54) is 17.3 Å². The Hall–Kier alpha value is -1.48. The van der Waals surface area contributed by atoms with E-state index < -0.39 is 21.7 Å². The van der Waals surface area contributed by atoms with Crippen molar-refractivity contribution in [3.63, 3.8) is 0 Å². The molecule has 0 aliphatic carbocycles. The highest BCUT2D eigenvalue weighted by molar-refractivity contribution is 7.90. The van der Waals surface area contributed by atoms with Crippen molar-refractivity contribution in [2.45, 2.75) is 6.92 Å². The van der Waals surface area contributed by atoms with Gasteiger partial charge in [-0.15, -0.1) is 11.3 Å². The van der Waals surface area contributed by atoms with Crippen LogP contribution in [0, 0.1) is 0 Å². The molecule has 112 valence electrons. The Morgan fingerprint density at radius 2 is 2.10 bits per heavy atom. The number of carbonyl (C=O) groups is 2. The van der Waals surface area contributed by atoms with Crippen molar-refractivity contribution in [1.82, 2.24) is 9.88 Å². The van der Waals surface area contributed by atoms with E-state index in [-0.39, 0.29) is 29.6 Å². The fourth-order valence-corrected chi connectivity index (χ4v) is 2.55. The second kappa shape index (κ2) is 6.80. The number of aromatic nitrogens is 1. The molecule has 1 amide bonds. The lowest BCUT2D eigenvalue weighted by Crippen LogP contribution is -2.31. The molecule has 0 aromatic carbocycles. The van der Waals surface area contributed by atoms with Gasteiger partial charge < -0.3 is 9.64 Å². The van der Waals surface area contributed by atoms with Crippen molar-refractivity contribution in [2.75, 3.05) is 32.2 Å². The average molecular weight is 320 g/mol. The first kappa shape index (κ1) is 16.6. The molecule has 0 saturated heterocycles. The predicted molar refractivity (Wildman–Crippen MR) is 74.7 cm³/mol. The summed E-state index contributed by atoms with van der Waals surface area (Å²) >= 11 is 1.02. The van der Waals surface area contributed by atoms with Crippen molar-refractivity contribution in [3.8, 4) is 0 Å². The molecule has 1 aromatic rings. The summed E-state index contributed by atoms with van der Waals surface area (Å²) in [5, 5.41) is 1.55. The summed E-state index contributed by atoms with van der Waals surface area (Å²) in [6, 6.07) is 0.